The SMILES string of the molecule is O=C(N/N=C/c1ccc([N+](=O)[O-])cc1)c1n[nH]c(=O)c2nc(-c3ccccc3)ncc12. The van der Waals surface area contributed by atoms with Crippen molar-refractivity contribution in [2.75, 3.05) is 0 Å². The van der Waals surface area contributed by atoms with Crippen LogP contribution < -0.4 is 11.0 Å². The summed E-state index contributed by atoms with van der Waals surface area (Å²) in [5.74, 6) is -0.345. The summed E-state index contributed by atoms with van der Waals surface area (Å²) in [6, 6.07) is 14.7. The first-order chi connectivity index (χ1) is 15.0. The Bertz CT molecular complexity index is 1370. The van der Waals surface area contributed by atoms with Gasteiger partial charge in [-0.2, -0.15) is 10.2 Å². The molecule has 0 spiro atoms. The summed E-state index contributed by atoms with van der Waals surface area (Å²) in [5.41, 5.74) is 2.87. The molecule has 31 heavy (non-hydrogen) atoms. The number of amides is 1. The van der Waals surface area contributed by atoms with Gasteiger partial charge in [0.2, 0.25) is 0 Å². The highest BCUT2D eigenvalue weighted by molar-refractivity contribution is 6.04. The summed E-state index contributed by atoms with van der Waals surface area (Å²) >= 11 is 0. The lowest BCUT2D eigenvalue weighted by Gasteiger charge is -2.05. The van der Waals surface area contributed by atoms with E-state index in [2.05, 4.69) is 30.7 Å². The van der Waals surface area contributed by atoms with Crippen molar-refractivity contribution in [2.45, 2.75) is 0 Å². The Labute approximate surface area is 173 Å². The van der Waals surface area contributed by atoms with Gasteiger partial charge >= 0.3 is 0 Å². The van der Waals surface area contributed by atoms with Crippen molar-refractivity contribution in [1.29, 1.82) is 0 Å². The third-order valence-corrected chi connectivity index (χ3v) is 4.26. The summed E-state index contributed by atoms with van der Waals surface area (Å²) in [7, 11) is 0. The van der Waals surface area contributed by atoms with E-state index in [1.165, 1.54) is 36.7 Å². The second-order valence-electron chi connectivity index (χ2n) is 6.27. The van der Waals surface area contributed by atoms with Crippen LogP contribution >= 0.6 is 0 Å². The standard InChI is InChI=1S/C20H13N7O4/c28-19-16-15(11-21-18(23-16)13-4-2-1-3-5-13)17(24-26-19)20(29)25-22-10-12-6-8-14(9-7-12)27(30)31/h1-11H,(H,25,29)(H,26,28)/b22-10+. The summed E-state index contributed by atoms with van der Waals surface area (Å²) < 4.78 is 0. The molecule has 4 aromatic rings. The van der Waals surface area contributed by atoms with Crippen LogP contribution in [-0.4, -0.2) is 37.2 Å². The number of hydrazone groups is 1. The predicted molar refractivity (Wildman–Crippen MR) is 112 cm³/mol. The van der Waals surface area contributed by atoms with Crippen molar-refractivity contribution in [1.82, 2.24) is 25.6 Å². The molecule has 2 aromatic heterocycles. The first-order valence-corrected chi connectivity index (χ1v) is 8.91. The number of nitro groups is 1. The molecule has 0 aliphatic heterocycles. The van der Waals surface area contributed by atoms with Gasteiger partial charge in [0.1, 0.15) is 5.52 Å². The summed E-state index contributed by atoms with van der Waals surface area (Å²) in [6.07, 6.45) is 2.68. The summed E-state index contributed by atoms with van der Waals surface area (Å²) in [5, 5.41) is 20.7. The molecule has 0 aliphatic carbocycles. The number of fused-ring (bicyclic) bond motifs is 1. The fraction of sp³-hybridized carbons (Fsp3) is 0. The molecule has 1 amide bonds. The van der Waals surface area contributed by atoms with Gasteiger partial charge in [-0.1, -0.05) is 30.3 Å². The molecule has 2 heterocycles. The zero-order valence-corrected chi connectivity index (χ0v) is 15.7. The third-order valence-electron chi connectivity index (χ3n) is 4.26. The van der Waals surface area contributed by atoms with Crippen LogP contribution in [0.5, 0.6) is 0 Å². The summed E-state index contributed by atoms with van der Waals surface area (Å²) in [4.78, 5) is 43.4. The molecule has 2 N–H and O–H groups in total. The van der Waals surface area contributed by atoms with E-state index in [1.807, 2.05) is 18.2 Å². The highest BCUT2D eigenvalue weighted by Crippen LogP contribution is 2.17. The molecular formula is C20H13N7O4. The molecule has 0 unspecified atom stereocenters. The van der Waals surface area contributed by atoms with Crippen molar-refractivity contribution in [3.63, 3.8) is 0 Å². The van der Waals surface area contributed by atoms with E-state index >= 15 is 0 Å². The number of nitrogens with one attached hydrogen (secondary N) is 2. The van der Waals surface area contributed by atoms with Crippen LogP contribution in [0.25, 0.3) is 22.3 Å². The average Bonchev–Trinajstić information content (AvgIpc) is 2.80. The Morgan fingerprint density at radius 1 is 1.13 bits per heavy atom. The van der Waals surface area contributed by atoms with Gasteiger partial charge in [0.25, 0.3) is 17.2 Å². The molecule has 0 saturated heterocycles. The lowest BCUT2D eigenvalue weighted by atomic mass is 10.2. The highest BCUT2D eigenvalue weighted by atomic mass is 16.6. The maximum absolute atomic E-state index is 12.5. The number of carbonyl (C=O) groups excluding carboxylic acids is 1. The molecule has 0 bridgehead atoms. The molecular weight excluding hydrogens is 402 g/mol. The number of hydrogen-bond donors (Lipinski definition) is 2. The van der Waals surface area contributed by atoms with Gasteiger partial charge in [-0.3, -0.25) is 19.7 Å². The van der Waals surface area contributed by atoms with E-state index < -0.39 is 16.4 Å². The van der Waals surface area contributed by atoms with Crippen LogP contribution in [0.2, 0.25) is 0 Å². The van der Waals surface area contributed by atoms with Crippen LogP contribution in [0, 0.1) is 10.1 Å². The van der Waals surface area contributed by atoms with Crippen molar-refractivity contribution in [3.05, 3.63) is 92.5 Å². The van der Waals surface area contributed by atoms with Gasteiger partial charge in [-0.25, -0.2) is 20.5 Å². The fourth-order valence-corrected chi connectivity index (χ4v) is 2.75. The minimum absolute atomic E-state index is 0.0216. The van der Waals surface area contributed by atoms with Crippen LogP contribution in [0.1, 0.15) is 16.1 Å². The first kappa shape index (κ1) is 19.5. The Kier molecular flexibility index (Phi) is 5.22. The maximum atomic E-state index is 12.5. The Hall–Kier alpha value is -4.80. The molecule has 0 saturated carbocycles. The third kappa shape index (κ3) is 4.15. The van der Waals surface area contributed by atoms with E-state index in [1.54, 1.807) is 12.1 Å². The molecule has 152 valence electrons. The number of aromatic nitrogens is 4. The smallest absolute Gasteiger partial charge is 0.266 e. The van der Waals surface area contributed by atoms with Crippen LogP contribution in [0.4, 0.5) is 5.69 Å². The number of rotatable bonds is 5. The Morgan fingerprint density at radius 3 is 2.58 bits per heavy atom. The molecule has 4 rings (SSSR count). The molecule has 0 fully saturated rings. The van der Waals surface area contributed by atoms with E-state index in [0.29, 0.717) is 11.4 Å². The van der Waals surface area contributed by atoms with Gasteiger partial charge < -0.3 is 0 Å². The fourth-order valence-electron chi connectivity index (χ4n) is 2.75. The zero-order chi connectivity index (χ0) is 21.8. The number of nitrogens with zero attached hydrogens (tertiary/aromatic N) is 5. The minimum Gasteiger partial charge on any atom is -0.266 e. The number of hydrogen-bond acceptors (Lipinski definition) is 8. The van der Waals surface area contributed by atoms with Crippen LogP contribution in [0.3, 0.4) is 0 Å². The monoisotopic (exact) mass is 415 g/mol. The Balaban J connectivity index is 1.58. The second kappa shape index (κ2) is 8.29. The van der Waals surface area contributed by atoms with Crippen LogP contribution in [-0.2, 0) is 0 Å². The zero-order valence-electron chi connectivity index (χ0n) is 15.7. The van der Waals surface area contributed by atoms with Gasteiger partial charge in [-0.15, -0.1) is 0 Å². The molecule has 0 atom stereocenters. The molecule has 11 heteroatoms. The quantitative estimate of drug-likeness (QED) is 0.287. The van der Waals surface area contributed by atoms with Gasteiger partial charge in [0.05, 0.1) is 16.5 Å². The number of non-ortho nitro benzene ring substituents is 1. The lowest BCUT2D eigenvalue weighted by molar-refractivity contribution is -0.384. The van der Waals surface area contributed by atoms with Crippen molar-refractivity contribution >= 4 is 28.7 Å². The molecule has 0 aliphatic rings. The maximum Gasteiger partial charge on any atom is 0.292 e. The molecule has 0 radical (unpaired) electrons. The van der Waals surface area contributed by atoms with E-state index in [-0.39, 0.29) is 22.3 Å². The van der Waals surface area contributed by atoms with Crippen molar-refractivity contribution in [3.8, 4) is 11.4 Å². The number of nitro benzene ring substituents is 1. The largest absolute Gasteiger partial charge is 0.292 e. The number of benzene rings is 2. The molecule has 2 aromatic carbocycles. The van der Waals surface area contributed by atoms with Crippen molar-refractivity contribution in [2.24, 2.45) is 5.10 Å². The lowest BCUT2D eigenvalue weighted by Crippen LogP contribution is -2.23. The number of aromatic amines is 1. The van der Waals surface area contributed by atoms with Crippen LogP contribution in [0.15, 0.2) is 70.7 Å². The first-order valence-electron chi connectivity index (χ1n) is 8.91. The number of carbonyl (C=O) groups is 1. The topological polar surface area (TPSA) is 156 Å². The van der Waals surface area contributed by atoms with E-state index in [9.17, 15) is 19.7 Å². The van der Waals surface area contributed by atoms with E-state index in [4.69, 9.17) is 0 Å². The van der Waals surface area contributed by atoms with Crippen molar-refractivity contribution < 1.29 is 9.72 Å². The second-order valence-corrected chi connectivity index (χ2v) is 6.27. The van der Waals surface area contributed by atoms with Gasteiger partial charge in [0.15, 0.2) is 11.5 Å². The van der Waals surface area contributed by atoms with Gasteiger partial charge in [-0.05, 0) is 17.7 Å². The van der Waals surface area contributed by atoms with E-state index in [0.717, 1.165) is 5.56 Å². The minimum atomic E-state index is -0.685. The molecule has 11 nitrogen and oxygen atoms in total. The Morgan fingerprint density at radius 2 is 1.87 bits per heavy atom. The van der Waals surface area contributed by atoms with Gasteiger partial charge in [0, 0.05) is 23.9 Å². The number of H-pyrrole nitrogens is 1. The summed E-state index contributed by atoms with van der Waals surface area (Å²) in [6.45, 7) is 0. The average molecular weight is 415 g/mol. The highest BCUT2D eigenvalue weighted by Gasteiger charge is 2.16. The predicted octanol–water partition coefficient (Wildman–Crippen LogP) is 2.05. The normalized spacial score (nSPS) is 11.0.